The molecule has 0 saturated carbocycles. The lowest BCUT2D eigenvalue weighted by molar-refractivity contribution is 0.0769. The average molecular weight is 217 g/mol. The van der Waals surface area contributed by atoms with Crippen molar-refractivity contribution in [3.8, 4) is 0 Å². The van der Waals surface area contributed by atoms with Crippen LogP contribution in [0.2, 0.25) is 0 Å². The van der Waals surface area contributed by atoms with Gasteiger partial charge in [0.25, 0.3) is 0 Å². The van der Waals surface area contributed by atoms with E-state index in [1.165, 1.54) is 0 Å². The van der Waals surface area contributed by atoms with Crippen LogP contribution < -0.4 is 0 Å². The Bertz CT molecular complexity index is 260. The summed E-state index contributed by atoms with van der Waals surface area (Å²) in [6.45, 7) is 4.87. The van der Waals surface area contributed by atoms with Gasteiger partial charge in [-0.15, -0.1) is 11.6 Å². The number of hydrogen-bond donors (Lipinski definition) is 1. The topological polar surface area (TPSA) is 37.9 Å². The van der Waals surface area contributed by atoms with E-state index in [0.717, 1.165) is 31.0 Å². The number of hydrogen-bond acceptors (Lipinski definition) is 2. The molecule has 1 N–H and O–H groups in total. The van der Waals surface area contributed by atoms with Gasteiger partial charge in [-0.25, -0.2) is 4.98 Å². The number of nitrogens with one attached hydrogen (secondary N) is 1. The zero-order valence-electron chi connectivity index (χ0n) is 8.72. The van der Waals surface area contributed by atoms with Crippen molar-refractivity contribution in [3.63, 3.8) is 0 Å². The van der Waals surface area contributed by atoms with E-state index in [-0.39, 0.29) is 0 Å². The van der Waals surface area contributed by atoms with E-state index < -0.39 is 0 Å². The second-order valence-electron chi connectivity index (χ2n) is 3.51. The Morgan fingerprint density at radius 3 is 2.93 bits per heavy atom. The minimum atomic E-state index is 0.310. The number of aryl methyl sites for hydroxylation is 1. The number of H-pyrrole nitrogens is 1. The SMILES string of the molecule is CC(C)OCCCc1ncc(CCl)[nH]1. The summed E-state index contributed by atoms with van der Waals surface area (Å²) >= 11 is 5.65. The molecule has 1 rings (SSSR count). The molecule has 0 amide bonds. The highest BCUT2D eigenvalue weighted by Gasteiger charge is 2.00. The van der Waals surface area contributed by atoms with E-state index in [1.54, 1.807) is 6.20 Å². The van der Waals surface area contributed by atoms with Crippen LogP contribution in [-0.2, 0) is 17.0 Å². The van der Waals surface area contributed by atoms with Crippen LogP contribution in [0.4, 0.5) is 0 Å². The third-order valence-corrected chi connectivity index (χ3v) is 2.12. The number of ether oxygens (including phenoxy) is 1. The van der Waals surface area contributed by atoms with E-state index in [2.05, 4.69) is 9.97 Å². The lowest BCUT2D eigenvalue weighted by Gasteiger charge is -2.05. The Kier molecular flexibility index (Phi) is 4.98. The molecule has 80 valence electrons. The first-order valence-corrected chi connectivity index (χ1v) is 5.46. The van der Waals surface area contributed by atoms with Crippen LogP contribution in [0.15, 0.2) is 6.20 Å². The van der Waals surface area contributed by atoms with E-state index in [4.69, 9.17) is 16.3 Å². The van der Waals surface area contributed by atoms with Crippen molar-refractivity contribution in [2.45, 2.75) is 38.7 Å². The van der Waals surface area contributed by atoms with E-state index in [9.17, 15) is 0 Å². The fraction of sp³-hybridized carbons (Fsp3) is 0.700. The molecule has 0 fully saturated rings. The highest BCUT2D eigenvalue weighted by Crippen LogP contribution is 2.03. The predicted octanol–water partition coefficient (Wildman–Crippen LogP) is 2.51. The van der Waals surface area contributed by atoms with Crippen LogP contribution in [0.1, 0.15) is 31.8 Å². The standard InChI is InChI=1S/C10H17ClN2O/c1-8(2)14-5-3-4-10-12-7-9(6-11)13-10/h7-8H,3-6H2,1-2H3,(H,12,13). The minimum absolute atomic E-state index is 0.310. The van der Waals surface area contributed by atoms with Crippen molar-refractivity contribution in [2.75, 3.05) is 6.61 Å². The molecule has 0 aliphatic rings. The van der Waals surface area contributed by atoms with Gasteiger partial charge in [0.1, 0.15) is 5.82 Å². The number of aromatic amines is 1. The van der Waals surface area contributed by atoms with Crippen LogP contribution in [0.3, 0.4) is 0 Å². The Morgan fingerprint density at radius 2 is 2.36 bits per heavy atom. The summed E-state index contributed by atoms with van der Waals surface area (Å²) in [7, 11) is 0. The summed E-state index contributed by atoms with van der Waals surface area (Å²) in [5, 5.41) is 0. The second kappa shape index (κ2) is 6.04. The third kappa shape index (κ3) is 4.11. The number of aromatic nitrogens is 2. The molecule has 0 aliphatic carbocycles. The van der Waals surface area contributed by atoms with Gasteiger partial charge in [-0.1, -0.05) is 0 Å². The molecule has 1 aromatic rings. The number of alkyl halides is 1. The number of nitrogens with zero attached hydrogens (tertiary/aromatic N) is 1. The maximum Gasteiger partial charge on any atom is 0.106 e. The van der Waals surface area contributed by atoms with E-state index in [1.807, 2.05) is 13.8 Å². The van der Waals surface area contributed by atoms with Crippen molar-refractivity contribution in [1.29, 1.82) is 0 Å². The van der Waals surface area contributed by atoms with Crippen molar-refractivity contribution in [2.24, 2.45) is 0 Å². The predicted molar refractivity (Wildman–Crippen MR) is 57.6 cm³/mol. The lowest BCUT2D eigenvalue weighted by atomic mass is 10.3. The highest BCUT2D eigenvalue weighted by molar-refractivity contribution is 6.16. The van der Waals surface area contributed by atoms with Gasteiger partial charge < -0.3 is 9.72 Å². The van der Waals surface area contributed by atoms with Crippen molar-refractivity contribution in [1.82, 2.24) is 9.97 Å². The molecular weight excluding hydrogens is 200 g/mol. The zero-order valence-corrected chi connectivity index (χ0v) is 9.47. The van der Waals surface area contributed by atoms with Crippen molar-refractivity contribution in [3.05, 3.63) is 17.7 Å². The molecule has 0 aromatic carbocycles. The van der Waals surface area contributed by atoms with Gasteiger partial charge >= 0.3 is 0 Å². The highest BCUT2D eigenvalue weighted by atomic mass is 35.5. The lowest BCUT2D eigenvalue weighted by Crippen LogP contribution is -2.05. The van der Waals surface area contributed by atoms with Crippen LogP contribution in [0, 0.1) is 0 Å². The molecule has 0 unspecified atom stereocenters. The Hall–Kier alpha value is -0.540. The number of imidazole rings is 1. The Morgan fingerprint density at radius 1 is 1.57 bits per heavy atom. The fourth-order valence-corrected chi connectivity index (χ4v) is 1.30. The molecule has 0 atom stereocenters. The van der Waals surface area contributed by atoms with Gasteiger partial charge in [0.2, 0.25) is 0 Å². The average Bonchev–Trinajstić information content (AvgIpc) is 2.60. The molecule has 0 radical (unpaired) electrons. The first-order valence-electron chi connectivity index (χ1n) is 4.92. The van der Waals surface area contributed by atoms with Crippen LogP contribution in [0.5, 0.6) is 0 Å². The van der Waals surface area contributed by atoms with E-state index in [0.29, 0.717) is 12.0 Å². The monoisotopic (exact) mass is 216 g/mol. The fourth-order valence-electron chi connectivity index (χ4n) is 1.16. The largest absolute Gasteiger partial charge is 0.379 e. The molecule has 3 nitrogen and oxygen atoms in total. The van der Waals surface area contributed by atoms with E-state index >= 15 is 0 Å². The minimum Gasteiger partial charge on any atom is -0.379 e. The maximum absolute atomic E-state index is 5.65. The summed E-state index contributed by atoms with van der Waals surface area (Å²) < 4.78 is 5.43. The first-order chi connectivity index (χ1) is 6.72. The molecule has 1 aromatic heterocycles. The van der Waals surface area contributed by atoms with Gasteiger partial charge in [0.05, 0.1) is 12.0 Å². The molecule has 0 spiro atoms. The third-order valence-electron chi connectivity index (χ3n) is 1.83. The van der Waals surface area contributed by atoms with Crippen LogP contribution >= 0.6 is 11.6 Å². The van der Waals surface area contributed by atoms with Gasteiger partial charge in [-0.2, -0.15) is 0 Å². The maximum atomic E-state index is 5.65. The molecule has 4 heteroatoms. The number of halogens is 1. The number of rotatable bonds is 6. The smallest absolute Gasteiger partial charge is 0.106 e. The van der Waals surface area contributed by atoms with Crippen LogP contribution in [0.25, 0.3) is 0 Å². The summed E-state index contributed by atoms with van der Waals surface area (Å²) in [5.41, 5.74) is 0.978. The second-order valence-corrected chi connectivity index (χ2v) is 3.78. The van der Waals surface area contributed by atoms with Gasteiger partial charge in [0.15, 0.2) is 0 Å². The molecule has 0 saturated heterocycles. The zero-order chi connectivity index (χ0) is 10.4. The Labute approximate surface area is 89.8 Å². The van der Waals surface area contributed by atoms with Crippen molar-refractivity contribution < 1.29 is 4.74 Å². The quantitative estimate of drug-likeness (QED) is 0.586. The molecule has 0 bridgehead atoms. The first kappa shape index (κ1) is 11.5. The summed E-state index contributed by atoms with van der Waals surface area (Å²) in [6, 6.07) is 0. The van der Waals surface area contributed by atoms with Gasteiger partial charge in [-0.05, 0) is 20.3 Å². The summed E-state index contributed by atoms with van der Waals surface area (Å²) in [4.78, 5) is 7.36. The van der Waals surface area contributed by atoms with Crippen molar-refractivity contribution >= 4 is 11.6 Å². The Balaban J connectivity index is 2.18. The normalized spacial score (nSPS) is 11.1. The van der Waals surface area contributed by atoms with Gasteiger partial charge in [0, 0.05) is 24.9 Å². The molecular formula is C10H17ClN2O. The molecule has 0 aliphatic heterocycles. The summed E-state index contributed by atoms with van der Waals surface area (Å²) in [5.74, 6) is 1.49. The summed E-state index contributed by atoms with van der Waals surface area (Å²) in [6.07, 6.45) is 4.01. The molecule has 14 heavy (non-hydrogen) atoms. The van der Waals surface area contributed by atoms with Crippen LogP contribution in [-0.4, -0.2) is 22.7 Å². The molecule has 1 heterocycles. The van der Waals surface area contributed by atoms with Gasteiger partial charge in [-0.3, -0.25) is 0 Å².